The molecule has 0 saturated heterocycles. The first-order chi connectivity index (χ1) is 8.85. The molecule has 0 aromatic carbocycles. The van der Waals surface area contributed by atoms with E-state index in [1.165, 1.54) is 0 Å². The molecule has 0 bridgehead atoms. The Kier molecular flexibility index (Phi) is 4.70. The van der Waals surface area contributed by atoms with Crippen LogP contribution in [-0.2, 0) is 5.75 Å². The van der Waals surface area contributed by atoms with Crippen LogP contribution in [0.2, 0.25) is 0 Å². The van der Waals surface area contributed by atoms with Crippen molar-refractivity contribution < 1.29 is 9.47 Å². The summed E-state index contributed by atoms with van der Waals surface area (Å²) >= 11 is 1.86. The summed E-state index contributed by atoms with van der Waals surface area (Å²) in [4.78, 5) is 4.37. The van der Waals surface area contributed by atoms with Gasteiger partial charge in [-0.3, -0.25) is 4.98 Å². The lowest BCUT2D eigenvalue weighted by molar-refractivity contribution is 0.350. The molecule has 0 radical (unpaired) electrons. The molecular formula is C14H17NO2S. The summed E-state index contributed by atoms with van der Waals surface area (Å²) in [5.74, 6) is 2.30. The third-order valence-electron chi connectivity index (χ3n) is 2.74. The van der Waals surface area contributed by atoms with Crippen LogP contribution in [0.5, 0.6) is 11.5 Å². The first-order valence-electron chi connectivity index (χ1n) is 5.86. The first kappa shape index (κ1) is 13.0. The molecule has 1 aromatic rings. The predicted molar refractivity (Wildman–Crippen MR) is 75.3 cm³/mol. The molecule has 4 heteroatoms. The number of allylic oxidation sites excluding steroid dienone is 3. The van der Waals surface area contributed by atoms with Crippen LogP contribution in [-0.4, -0.2) is 24.5 Å². The normalized spacial score (nSPS) is 17.8. The summed E-state index contributed by atoms with van der Waals surface area (Å²) in [5, 5.41) is 0.521. The molecule has 0 amide bonds. The van der Waals surface area contributed by atoms with Gasteiger partial charge in [0.05, 0.1) is 19.9 Å². The van der Waals surface area contributed by atoms with Crippen molar-refractivity contribution in [2.24, 2.45) is 0 Å². The summed E-state index contributed by atoms with van der Waals surface area (Å²) in [7, 11) is 3.29. The Bertz CT molecular complexity index is 457. The standard InChI is InChI=1S/C14H17NO2S/c1-16-13-8-9-15-12(14(13)17-2)10-18-11-6-4-3-5-7-11/h3-6,8-9,11H,7,10H2,1-2H3. The second-order valence-corrected chi connectivity index (χ2v) is 5.12. The maximum atomic E-state index is 5.37. The summed E-state index contributed by atoms with van der Waals surface area (Å²) in [5.41, 5.74) is 0.935. The molecule has 2 rings (SSSR count). The Balaban J connectivity index is 2.04. The molecule has 1 aliphatic rings. The number of pyridine rings is 1. The van der Waals surface area contributed by atoms with Crippen LogP contribution < -0.4 is 9.47 Å². The Labute approximate surface area is 112 Å². The summed E-state index contributed by atoms with van der Waals surface area (Å²) in [6.45, 7) is 0. The van der Waals surface area contributed by atoms with Gasteiger partial charge in [0.25, 0.3) is 0 Å². The third kappa shape index (κ3) is 3.07. The van der Waals surface area contributed by atoms with Gasteiger partial charge in [-0.05, 0) is 6.42 Å². The zero-order chi connectivity index (χ0) is 12.8. The van der Waals surface area contributed by atoms with Crippen molar-refractivity contribution in [1.29, 1.82) is 0 Å². The van der Waals surface area contributed by atoms with E-state index in [-0.39, 0.29) is 0 Å². The quantitative estimate of drug-likeness (QED) is 0.816. The summed E-state index contributed by atoms with van der Waals surface area (Å²) in [6.07, 6.45) is 11.4. The third-order valence-corrected chi connectivity index (χ3v) is 3.96. The monoisotopic (exact) mass is 263 g/mol. The van der Waals surface area contributed by atoms with Crippen molar-refractivity contribution in [3.8, 4) is 11.5 Å². The largest absolute Gasteiger partial charge is 0.493 e. The highest BCUT2D eigenvalue weighted by Gasteiger charge is 2.13. The minimum Gasteiger partial charge on any atom is -0.493 e. The van der Waals surface area contributed by atoms with Crippen molar-refractivity contribution in [3.05, 3.63) is 42.3 Å². The predicted octanol–water partition coefficient (Wildman–Crippen LogP) is 3.22. The van der Waals surface area contributed by atoms with Crippen molar-refractivity contribution in [2.45, 2.75) is 17.4 Å². The lowest BCUT2D eigenvalue weighted by Gasteiger charge is -2.14. The number of hydrogen-bond donors (Lipinski definition) is 0. The number of hydrogen-bond acceptors (Lipinski definition) is 4. The number of nitrogens with zero attached hydrogens (tertiary/aromatic N) is 1. The highest BCUT2D eigenvalue weighted by Crippen LogP contribution is 2.33. The van der Waals surface area contributed by atoms with Crippen LogP contribution >= 0.6 is 11.8 Å². The molecular weight excluding hydrogens is 246 g/mol. The van der Waals surface area contributed by atoms with Crippen LogP contribution in [0, 0.1) is 0 Å². The smallest absolute Gasteiger partial charge is 0.183 e. The van der Waals surface area contributed by atoms with Gasteiger partial charge in [-0.1, -0.05) is 24.3 Å². The van der Waals surface area contributed by atoms with Crippen molar-refractivity contribution in [1.82, 2.24) is 4.98 Å². The number of aromatic nitrogens is 1. The number of ether oxygens (including phenoxy) is 2. The van der Waals surface area contributed by atoms with E-state index >= 15 is 0 Å². The van der Waals surface area contributed by atoms with Gasteiger partial charge in [0.1, 0.15) is 0 Å². The summed E-state index contributed by atoms with van der Waals surface area (Å²) < 4.78 is 10.6. The topological polar surface area (TPSA) is 31.4 Å². The molecule has 1 unspecified atom stereocenters. The number of thioether (sulfide) groups is 1. The van der Waals surface area contributed by atoms with Crippen molar-refractivity contribution in [3.63, 3.8) is 0 Å². The van der Waals surface area contributed by atoms with E-state index in [4.69, 9.17) is 9.47 Å². The minimum atomic E-state index is 0.521. The zero-order valence-corrected chi connectivity index (χ0v) is 11.4. The second kappa shape index (κ2) is 6.50. The molecule has 3 nitrogen and oxygen atoms in total. The molecule has 0 aliphatic heterocycles. The highest BCUT2D eigenvalue weighted by atomic mass is 32.2. The Morgan fingerprint density at radius 3 is 2.89 bits per heavy atom. The fraction of sp³-hybridized carbons (Fsp3) is 0.357. The van der Waals surface area contributed by atoms with Crippen molar-refractivity contribution >= 4 is 11.8 Å². The van der Waals surface area contributed by atoms with E-state index < -0.39 is 0 Å². The van der Waals surface area contributed by atoms with Crippen LogP contribution in [0.3, 0.4) is 0 Å². The van der Waals surface area contributed by atoms with Gasteiger partial charge >= 0.3 is 0 Å². The average molecular weight is 263 g/mol. The van der Waals surface area contributed by atoms with Gasteiger partial charge in [-0.2, -0.15) is 0 Å². The van der Waals surface area contributed by atoms with Crippen LogP contribution in [0.25, 0.3) is 0 Å². The molecule has 0 N–H and O–H groups in total. The Hall–Kier alpha value is -1.42. The van der Waals surface area contributed by atoms with Gasteiger partial charge in [-0.15, -0.1) is 11.8 Å². The maximum absolute atomic E-state index is 5.37. The molecule has 96 valence electrons. The zero-order valence-electron chi connectivity index (χ0n) is 10.6. The van der Waals surface area contributed by atoms with Gasteiger partial charge in [0.15, 0.2) is 11.5 Å². The van der Waals surface area contributed by atoms with Crippen molar-refractivity contribution in [2.75, 3.05) is 14.2 Å². The highest BCUT2D eigenvalue weighted by molar-refractivity contribution is 7.99. The number of rotatable bonds is 5. The van der Waals surface area contributed by atoms with Crippen LogP contribution in [0.4, 0.5) is 0 Å². The first-order valence-corrected chi connectivity index (χ1v) is 6.91. The van der Waals surface area contributed by atoms with Crippen LogP contribution in [0.1, 0.15) is 12.1 Å². The molecule has 1 atom stereocenters. The Morgan fingerprint density at radius 2 is 2.22 bits per heavy atom. The van der Waals surface area contributed by atoms with Gasteiger partial charge in [0.2, 0.25) is 0 Å². The van der Waals surface area contributed by atoms with E-state index in [1.807, 2.05) is 17.8 Å². The van der Waals surface area contributed by atoms with Gasteiger partial charge in [-0.25, -0.2) is 0 Å². The summed E-state index contributed by atoms with van der Waals surface area (Å²) in [6, 6.07) is 1.82. The van der Waals surface area contributed by atoms with E-state index in [9.17, 15) is 0 Å². The van der Waals surface area contributed by atoms with E-state index in [0.29, 0.717) is 5.25 Å². The lowest BCUT2D eigenvalue weighted by Crippen LogP contribution is -2.02. The molecule has 1 aromatic heterocycles. The van der Waals surface area contributed by atoms with Gasteiger partial charge in [0, 0.05) is 23.3 Å². The average Bonchev–Trinajstić information content (AvgIpc) is 2.45. The van der Waals surface area contributed by atoms with E-state index in [0.717, 1.165) is 29.4 Å². The molecule has 1 aliphatic carbocycles. The minimum absolute atomic E-state index is 0.521. The molecule has 18 heavy (non-hydrogen) atoms. The Morgan fingerprint density at radius 1 is 1.33 bits per heavy atom. The molecule has 0 fully saturated rings. The SMILES string of the molecule is COc1ccnc(CSC2C=CC=CC2)c1OC. The molecule has 1 heterocycles. The molecule has 0 spiro atoms. The second-order valence-electron chi connectivity index (χ2n) is 3.89. The van der Waals surface area contributed by atoms with E-state index in [2.05, 4.69) is 29.3 Å². The van der Waals surface area contributed by atoms with Gasteiger partial charge < -0.3 is 9.47 Å². The maximum Gasteiger partial charge on any atom is 0.183 e. The number of methoxy groups -OCH3 is 2. The lowest BCUT2D eigenvalue weighted by atomic mass is 10.2. The fourth-order valence-corrected chi connectivity index (χ4v) is 2.85. The molecule has 0 saturated carbocycles. The van der Waals surface area contributed by atoms with Crippen LogP contribution in [0.15, 0.2) is 36.6 Å². The fourth-order valence-electron chi connectivity index (χ4n) is 1.82. The van der Waals surface area contributed by atoms with E-state index in [1.54, 1.807) is 20.4 Å².